The summed E-state index contributed by atoms with van der Waals surface area (Å²) in [5.74, 6) is 0.881. The predicted molar refractivity (Wildman–Crippen MR) is 77.8 cm³/mol. The molecule has 0 aliphatic carbocycles. The van der Waals surface area contributed by atoms with Gasteiger partial charge < -0.3 is 14.4 Å². The monoisotopic (exact) mass is 277 g/mol. The van der Waals surface area contributed by atoms with Crippen molar-refractivity contribution in [2.24, 2.45) is 0 Å². The molecule has 0 spiro atoms. The lowest BCUT2D eigenvalue weighted by atomic mass is 9.88. The van der Waals surface area contributed by atoms with Crippen molar-refractivity contribution in [3.63, 3.8) is 0 Å². The molecule has 1 aliphatic heterocycles. The Labute approximate surface area is 120 Å². The number of hydrogen-bond donors (Lipinski definition) is 0. The number of carbonyl (C=O) groups is 1. The average molecular weight is 277 g/mol. The lowest BCUT2D eigenvalue weighted by Crippen LogP contribution is -2.55. The first kappa shape index (κ1) is 14.9. The molecule has 2 unspecified atom stereocenters. The van der Waals surface area contributed by atoms with E-state index in [2.05, 4.69) is 6.92 Å². The molecule has 1 saturated heterocycles. The van der Waals surface area contributed by atoms with Gasteiger partial charge in [0, 0.05) is 7.05 Å². The van der Waals surface area contributed by atoms with Gasteiger partial charge in [0.1, 0.15) is 17.5 Å². The van der Waals surface area contributed by atoms with Crippen LogP contribution in [0.25, 0.3) is 0 Å². The van der Waals surface area contributed by atoms with Gasteiger partial charge in [-0.15, -0.1) is 0 Å². The normalized spacial score (nSPS) is 26.7. The Morgan fingerprint density at radius 2 is 2.20 bits per heavy atom. The Kier molecular flexibility index (Phi) is 4.33. The van der Waals surface area contributed by atoms with Gasteiger partial charge in [-0.1, -0.05) is 26.0 Å². The van der Waals surface area contributed by atoms with E-state index < -0.39 is 5.60 Å². The number of ether oxygens (including phenoxy) is 2. The van der Waals surface area contributed by atoms with E-state index >= 15 is 0 Å². The predicted octanol–water partition coefficient (Wildman–Crippen LogP) is 2.57. The summed E-state index contributed by atoms with van der Waals surface area (Å²) in [6.07, 6.45) is 1.14. The van der Waals surface area contributed by atoms with Crippen molar-refractivity contribution in [1.29, 1.82) is 0 Å². The summed E-state index contributed by atoms with van der Waals surface area (Å²) in [5.41, 5.74) is 0.620. The zero-order valence-corrected chi connectivity index (χ0v) is 12.7. The van der Waals surface area contributed by atoms with Crippen LogP contribution in [0.2, 0.25) is 0 Å². The number of carbonyl (C=O) groups excluding carboxylic acids is 1. The van der Waals surface area contributed by atoms with Gasteiger partial charge in [-0.2, -0.15) is 0 Å². The van der Waals surface area contributed by atoms with Crippen LogP contribution in [0.5, 0.6) is 5.75 Å². The second-order valence-corrected chi connectivity index (χ2v) is 5.29. The molecule has 1 aromatic rings. The highest BCUT2D eigenvalue weighted by molar-refractivity contribution is 5.81. The van der Waals surface area contributed by atoms with E-state index in [1.165, 1.54) is 0 Å². The van der Waals surface area contributed by atoms with Crippen LogP contribution in [-0.4, -0.2) is 37.6 Å². The van der Waals surface area contributed by atoms with Gasteiger partial charge in [-0.25, -0.2) is 0 Å². The number of benzene rings is 1. The molecular formula is C16H23NO3. The highest BCUT2D eigenvalue weighted by atomic mass is 16.5. The Hall–Kier alpha value is -1.55. The number of nitrogens with zero attached hydrogens (tertiary/aromatic N) is 1. The smallest absolute Gasteiger partial charge is 0.251 e. The van der Waals surface area contributed by atoms with Crippen molar-refractivity contribution in [2.75, 3.05) is 20.7 Å². The molecule has 1 fully saturated rings. The molecule has 0 N–H and O–H groups in total. The highest BCUT2D eigenvalue weighted by Gasteiger charge is 2.43. The molecule has 4 nitrogen and oxygen atoms in total. The first-order valence-electron chi connectivity index (χ1n) is 7.13. The van der Waals surface area contributed by atoms with Gasteiger partial charge in [0.15, 0.2) is 0 Å². The summed E-state index contributed by atoms with van der Waals surface area (Å²) < 4.78 is 11.5. The van der Waals surface area contributed by atoms with Crippen molar-refractivity contribution in [3.05, 3.63) is 29.8 Å². The molecule has 0 bridgehead atoms. The SMILES string of the molecule is CCC1OC(CC)(c2cccc(OC)c2)CN(C)C1=O. The van der Waals surface area contributed by atoms with E-state index in [0.29, 0.717) is 13.0 Å². The molecule has 1 aliphatic rings. The molecule has 1 aromatic carbocycles. The number of likely N-dealkylation sites (N-methyl/N-ethyl adjacent to an activating group) is 1. The maximum absolute atomic E-state index is 12.1. The molecule has 20 heavy (non-hydrogen) atoms. The maximum atomic E-state index is 12.1. The Balaban J connectivity index is 2.40. The average Bonchev–Trinajstić information content (AvgIpc) is 2.50. The van der Waals surface area contributed by atoms with E-state index in [-0.39, 0.29) is 12.0 Å². The fourth-order valence-corrected chi connectivity index (χ4v) is 2.79. The van der Waals surface area contributed by atoms with Crippen LogP contribution in [0, 0.1) is 0 Å². The molecule has 2 rings (SSSR count). The van der Waals surface area contributed by atoms with Gasteiger partial charge in [0.25, 0.3) is 5.91 Å². The Morgan fingerprint density at radius 3 is 2.80 bits per heavy atom. The summed E-state index contributed by atoms with van der Waals surface area (Å²) in [5, 5.41) is 0. The lowest BCUT2D eigenvalue weighted by molar-refractivity contribution is -0.184. The van der Waals surface area contributed by atoms with Crippen molar-refractivity contribution in [1.82, 2.24) is 4.90 Å². The number of rotatable bonds is 4. The second kappa shape index (κ2) is 5.83. The highest BCUT2D eigenvalue weighted by Crippen LogP contribution is 2.37. The van der Waals surface area contributed by atoms with E-state index in [9.17, 15) is 4.79 Å². The fourth-order valence-electron chi connectivity index (χ4n) is 2.79. The molecule has 1 heterocycles. The van der Waals surface area contributed by atoms with Gasteiger partial charge >= 0.3 is 0 Å². The molecule has 1 amide bonds. The van der Waals surface area contributed by atoms with E-state index in [1.54, 1.807) is 12.0 Å². The van der Waals surface area contributed by atoms with Crippen LogP contribution in [0.4, 0.5) is 0 Å². The van der Waals surface area contributed by atoms with Crippen molar-refractivity contribution in [2.45, 2.75) is 38.4 Å². The minimum absolute atomic E-state index is 0.0690. The summed E-state index contributed by atoms with van der Waals surface area (Å²) in [7, 11) is 3.50. The van der Waals surface area contributed by atoms with Crippen molar-refractivity contribution >= 4 is 5.91 Å². The van der Waals surface area contributed by atoms with E-state index in [0.717, 1.165) is 17.7 Å². The second-order valence-electron chi connectivity index (χ2n) is 5.29. The van der Waals surface area contributed by atoms with Crippen LogP contribution < -0.4 is 4.74 Å². The van der Waals surface area contributed by atoms with Gasteiger partial charge in [-0.3, -0.25) is 4.79 Å². The van der Waals surface area contributed by atoms with E-state index in [4.69, 9.17) is 9.47 Å². The zero-order chi connectivity index (χ0) is 14.8. The van der Waals surface area contributed by atoms with Crippen molar-refractivity contribution in [3.8, 4) is 5.75 Å². The molecule has 110 valence electrons. The third kappa shape index (κ3) is 2.52. The third-order valence-electron chi connectivity index (χ3n) is 4.05. The minimum Gasteiger partial charge on any atom is -0.497 e. The molecule has 0 aromatic heterocycles. The van der Waals surface area contributed by atoms with Gasteiger partial charge in [-0.05, 0) is 30.5 Å². The Morgan fingerprint density at radius 1 is 1.45 bits per heavy atom. The standard InChI is InChI=1S/C16H23NO3/c1-5-14-15(18)17(3)11-16(6-2,20-14)12-8-7-9-13(10-12)19-4/h7-10,14H,5-6,11H2,1-4H3. The van der Waals surface area contributed by atoms with Crippen LogP contribution in [0.3, 0.4) is 0 Å². The lowest BCUT2D eigenvalue weighted by Gasteiger charge is -2.44. The number of hydrogen-bond acceptors (Lipinski definition) is 3. The topological polar surface area (TPSA) is 38.8 Å². The summed E-state index contributed by atoms with van der Waals surface area (Å²) in [6, 6.07) is 7.93. The molecule has 0 saturated carbocycles. The third-order valence-corrected chi connectivity index (χ3v) is 4.05. The number of morpholine rings is 1. The molecular weight excluding hydrogens is 254 g/mol. The summed E-state index contributed by atoms with van der Waals surface area (Å²) in [4.78, 5) is 13.9. The quantitative estimate of drug-likeness (QED) is 0.849. The van der Waals surface area contributed by atoms with Gasteiger partial charge in [0.2, 0.25) is 0 Å². The number of amides is 1. The van der Waals surface area contributed by atoms with Gasteiger partial charge in [0.05, 0.1) is 13.7 Å². The van der Waals surface area contributed by atoms with Crippen molar-refractivity contribution < 1.29 is 14.3 Å². The zero-order valence-electron chi connectivity index (χ0n) is 12.7. The molecule has 0 radical (unpaired) electrons. The van der Waals surface area contributed by atoms with Crippen LogP contribution in [-0.2, 0) is 15.1 Å². The molecule has 2 atom stereocenters. The molecule has 4 heteroatoms. The van der Waals surface area contributed by atoms with E-state index in [1.807, 2.05) is 38.2 Å². The largest absolute Gasteiger partial charge is 0.497 e. The van der Waals surface area contributed by atoms with Crippen LogP contribution in [0.15, 0.2) is 24.3 Å². The number of methoxy groups -OCH3 is 1. The summed E-state index contributed by atoms with van der Waals surface area (Å²) in [6.45, 7) is 4.65. The first-order valence-corrected chi connectivity index (χ1v) is 7.13. The summed E-state index contributed by atoms with van der Waals surface area (Å²) >= 11 is 0. The minimum atomic E-state index is -0.447. The first-order chi connectivity index (χ1) is 9.56. The van der Waals surface area contributed by atoms with Crippen LogP contribution >= 0.6 is 0 Å². The maximum Gasteiger partial charge on any atom is 0.251 e. The Bertz CT molecular complexity index is 488. The van der Waals surface area contributed by atoms with Crippen LogP contribution in [0.1, 0.15) is 32.3 Å². The fraction of sp³-hybridized carbons (Fsp3) is 0.562.